The van der Waals surface area contributed by atoms with Crippen LogP contribution in [-0.4, -0.2) is 89.6 Å². The minimum Gasteiger partial charge on any atom is -0.465 e. The van der Waals surface area contributed by atoms with Crippen molar-refractivity contribution >= 4 is 37.1 Å². The van der Waals surface area contributed by atoms with Crippen LogP contribution in [0.15, 0.2) is 12.4 Å². The van der Waals surface area contributed by atoms with Gasteiger partial charge in [-0.25, -0.2) is 14.8 Å². The molecule has 1 aliphatic heterocycles. The minimum absolute atomic E-state index is 0.149. The largest absolute Gasteiger partial charge is 0.465 e. The Hall–Kier alpha value is -2.70. The highest BCUT2D eigenvalue weighted by atomic mass is 28.3. The molecule has 3 rings (SSSR count). The fraction of sp³-hybridized carbons (Fsp3) is 0.692. The lowest BCUT2D eigenvalue weighted by molar-refractivity contribution is -0.0225. The summed E-state index contributed by atoms with van der Waals surface area (Å²) in [6, 6.07) is 0.653. The second-order valence-electron chi connectivity index (χ2n) is 11.1. The molecule has 2 amide bonds. The highest BCUT2D eigenvalue weighted by molar-refractivity contribution is 6.76. The van der Waals surface area contributed by atoms with Crippen molar-refractivity contribution < 1.29 is 24.2 Å². The smallest absolute Gasteiger partial charge is 0.407 e. The third-order valence-electron chi connectivity index (χ3n) is 6.94. The Bertz CT molecular complexity index is 1090. The summed E-state index contributed by atoms with van der Waals surface area (Å²) >= 11 is 0. The van der Waals surface area contributed by atoms with Crippen LogP contribution in [0.25, 0.3) is 11.2 Å². The first-order valence-electron chi connectivity index (χ1n) is 13.6. The summed E-state index contributed by atoms with van der Waals surface area (Å²) in [5.41, 5.74) is 1.51. The number of aromatic nitrogens is 3. The number of rotatable bonds is 13. The molecule has 212 valence electrons. The maximum atomic E-state index is 12.8. The molecule has 0 radical (unpaired) electrons. The molecule has 3 N–H and O–H groups in total. The molecule has 0 aliphatic carbocycles. The van der Waals surface area contributed by atoms with E-state index in [1.807, 2.05) is 11.5 Å². The fourth-order valence-electron chi connectivity index (χ4n) is 4.87. The number of anilines is 1. The third kappa shape index (κ3) is 7.45. The molecule has 0 bridgehead atoms. The van der Waals surface area contributed by atoms with Gasteiger partial charge in [-0.15, -0.1) is 0 Å². The van der Waals surface area contributed by atoms with Crippen molar-refractivity contribution in [2.45, 2.75) is 90.1 Å². The lowest BCUT2D eigenvalue weighted by Crippen LogP contribution is -2.59. The van der Waals surface area contributed by atoms with Gasteiger partial charge in [-0.3, -0.25) is 4.79 Å². The zero-order chi connectivity index (χ0) is 27.9. The molecule has 12 heteroatoms. The van der Waals surface area contributed by atoms with Gasteiger partial charge in [0.15, 0.2) is 5.65 Å². The van der Waals surface area contributed by atoms with Crippen LogP contribution in [0.3, 0.4) is 0 Å². The van der Waals surface area contributed by atoms with Crippen LogP contribution >= 0.6 is 0 Å². The molecule has 0 saturated carbocycles. The molecule has 1 saturated heterocycles. The first-order chi connectivity index (χ1) is 18.1. The van der Waals surface area contributed by atoms with Crippen molar-refractivity contribution in [2.75, 3.05) is 32.1 Å². The topological polar surface area (TPSA) is 131 Å². The Morgan fingerprint density at radius 3 is 2.66 bits per heavy atom. The fourth-order valence-corrected chi connectivity index (χ4v) is 5.63. The summed E-state index contributed by atoms with van der Waals surface area (Å²) in [6.07, 6.45) is 5.33. The number of carbonyl (C=O) groups is 2. The van der Waals surface area contributed by atoms with Crippen molar-refractivity contribution in [1.29, 1.82) is 0 Å². The van der Waals surface area contributed by atoms with Gasteiger partial charge in [-0.1, -0.05) is 39.4 Å². The van der Waals surface area contributed by atoms with Crippen LogP contribution in [0.1, 0.15) is 49.9 Å². The molecule has 11 nitrogen and oxygen atoms in total. The van der Waals surface area contributed by atoms with Gasteiger partial charge in [-0.05, 0) is 25.8 Å². The molecule has 2 aromatic heterocycles. The second-order valence-corrected chi connectivity index (χ2v) is 16.7. The SMILES string of the molecule is CCCCC1C(OC)C(Nc2cnc3c(n2)c(C(=O)NCC)cn3COCC[Si](C)(C)C)CCN1C(=O)O. The van der Waals surface area contributed by atoms with Crippen molar-refractivity contribution in [3.8, 4) is 0 Å². The highest BCUT2D eigenvalue weighted by Crippen LogP contribution is 2.28. The normalized spacial score (nSPS) is 20.1. The number of hydrogen-bond donors (Lipinski definition) is 3. The zero-order valence-electron chi connectivity index (χ0n) is 23.6. The van der Waals surface area contributed by atoms with Crippen molar-refractivity contribution in [3.63, 3.8) is 0 Å². The Kier molecular flexibility index (Phi) is 10.5. The summed E-state index contributed by atoms with van der Waals surface area (Å²) in [5, 5.41) is 16.0. The van der Waals surface area contributed by atoms with Gasteiger partial charge in [0.25, 0.3) is 5.91 Å². The Morgan fingerprint density at radius 2 is 2.03 bits per heavy atom. The quantitative estimate of drug-likeness (QED) is 0.250. The lowest BCUT2D eigenvalue weighted by Gasteiger charge is -2.44. The van der Waals surface area contributed by atoms with Crippen LogP contribution in [0.2, 0.25) is 25.7 Å². The monoisotopic (exact) mass is 548 g/mol. The summed E-state index contributed by atoms with van der Waals surface area (Å²) in [4.78, 5) is 35.6. The van der Waals surface area contributed by atoms with E-state index in [1.165, 1.54) is 4.90 Å². The maximum Gasteiger partial charge on any atom is 0.407 e. The van der Waals surface area contributed by atoms with Gasteiger partial charge in [0.2, 0.25) is 0 Å². The van der Waals surface area contributed by atoms with E-state index in [4.69, 9.17) is 14.5 Å². The van der Waals surface area contributed by atoms with Crippen LogP contribution in [0, 0.1) is 0 Å². The van der Waals surface area contributed by atoms with Gasteiger partial charge in [0, 0.05) is 41.1 Å². The number of nitrogens with one attached hydrogen (secondary N) is 2. The molecule has 3 unspecified atom stereocenters. The van der Waals surface area contributed by atoms with Crippen LogP contribution in [-0.2, 0) is 16.2 Å². The number of nitrogens with zero attached hydrogens (tertiary/aromatic N) is 4. The number of piperidine rings is 1. The molecular formula is C26H44N6O5Si. The molecule has 0 aromatic carbocycles. The van der Waals surface area contributed by atoms with Crippen molar-refractivity contribution in [2.24, 2.45) is 0 Å². The number of carbonyl (C=O) groups excluding carboxylic acids is 1. The van der Waals surface area contributed by atoms with Crippen LogP contribution in [0.4, 0.5) is 10.6 Å². The number of ether oxygens (including phenoxy) is 2. The van der Waals surface area contributed by atoms with Gasteiger partial charge in [-0.2, -0.15) is 0 Å². The number of carboxylic acid groups (broad SMARTS) is 1. The van der Waals surface area contributed by atoms with E-state index in [1.54, 1.807) is 19.5 Å². The van der Waals surface area contributed by atoms with Gasteiger partial charge >= 0.3 is 6.09 Å². The van der Waals surface area contributed by atoms with E-state index >= 15 is 0 Å². The average Bonchev–Trinajstić information content (AvgIpc) is 3.22. The van der Waals surface area contributed by atoms with Crippen molar-refractivity contribution in [3.05, 3.63) is 18.0 Å². The van der Waals surface area contributed by atoms with Gasteiger partial charge in [0.05, 0.1) is 29.9 Å². The van der Waals surface area contributed by atoms with Crippen molar-refractivity contribution in [1.82, 2.24) is 24.8 Å². The summed E-state index contributed by atoms with van der Waals surface area (Å²) in [6.45, 7) is 12.7. The molecule has 0 spiro atoms. The Labute approximate surface area is 226 Å². The van der Waals surface area contributed by atoms with Gasteiger partial charge in [0.1, 0.15) is 18.1 Å². The molecule has 3 heterocycles. The van der Waals surface area contributed by atoms with E-state index in [-0.39, 0.29) is 24.1 Å². The molecule has 38 heavy (non-hydrogen) atoms. The number of fused-ring (bicyclic) bond motifs is 1. The number of unbranched alkanes of at least 4 members (excludes halogenated alkanes) is 1. The molecular weight excluding hydrogens is 504 g/mol. The summed E-state index contributed by atoms with van der Waals surface area (Å²) < 4.78 is 13.6. The first-order valence-corrected chi connectivity index (χ1v) is 17.3. The van der Waals surface area contributed by atoms with E-state index in [0.717, 1.165) is 25.3 Å². The standard InChI is InChI=1S/C26H44N6O5Si/c1-7-9-10-20-23(36-3)19(11-12-32(20)26(34)35)29-21-15-28-24-22(30-21)18(25(33)27-8-2)16-31(24)17-37-13-14-38(4,5)6/h15-16,19-20,23H,7-14,17H2,1-6H3,(H,27,33)(H,29,30)(H,34,35). The van der Waals surface area contributed by atoms with E-state index in [2.05, 4.69) is 42.2 Å². The molecule has 2 aromatic rings. The summed E-state index contributed by atoms with van der Waals surface area (Å²) in [5.74, 6) is 0.305. The number of amides is 2. The van der Waals surface area contributed by atoms with Crippen LogP contribution in [0.5, 0.6) is 0 Å². The van der Waals surface area contributed by atoms with E-state index in [0.29, 0.717) is 55.4 Å². The number of hydrogen-bond acceptors (Lipinski definition) is 7. The number of methoxy groups -OCH3 is 1. The predicted octanol–water partition coefficient (Wildman–Crippen LogP) is 4.23. The second kappa shape index (κ2) is 13.4. The Balaban J connectivity index is 1.85. The molecule has 1 aliphatic rings. The van der Waals surface area contributed by atoms with E-state index < -0.39 is 14.2 Å². The molecule has 1 fully saturated rings. The first kappa shape index (κ1) is 29.8. The minimum atomic E-state index is -1.21. The zero-order valence-corrected chi connectivity index (χ0v) is 24.6. The molecule has 3 atom stereocenters. The predicted molar refractivity (Wildman–Crippen MR) is 151 cm³/mol. The van der Waals surface area contributed by atoms with Gasteiger partial charge < -0.3 is 34.7 Å². The Morgan fingerprint density at radius 1 is 1.26 bits per heavy atom. The summed E-state index contributed by atoms with van der Waals surface area (Å²) in [7, 11) is 0.405. The maximum absolute atomic E-state index is 12.8. The van der Waals surface area contributed by atoms with Crippen LogP contribution < -0.4 is 10.6 Å². The number of likely N-dealkylation sites (tertiary alicyclic amines) is 1. The average molecular weight is 549 g/mol. The third-order valence-corrected chi connectivity index (χ3v) is 8.64. The highest BCUT2D eigenvalue weighted by Gasteiger charge is 2.40. The van der Waals surface area contributed by atoms with E-state index in [9.17, 15) is 14.7 Å². The lowest BCUT2D eigenvalue weighted by atomic mass is 9.90.